The molecule has 0 aliphatic carbocycles. The second kappa shape index (κ2) is 3.33. The molecule has 0 fully saturated rings. The van der Waals surface area contributed by atoms with Crippen LogP contribution in [0.15, 0.2) is 0 Å². The minimum Gasteiger partial charge on any atom is -0.357 e. The first kappa shape index (κ1) is 9.98. The van der Waals surface area contributed by atoms with E-state index in [1.165, 1.54) is 0 Å². The zero-order valence-corrected chi connectivity index (χ0v) is 8.63. The number of anilines is 1. The molecular weight excluding hydrogens is 166 g/mol. The quantitative estimate of drug-likeness (QED) is 0.713. The summed E-state index contributed by atoms with van der Waals surface area (Å²) in [5.74, 6) is 1.54. The Balaban J connectivity index is 3.09. The minimum absolute atomic E-state index is 0.406. The number of nitrogens with one attached hydrogen (secondary N) is 1. The van der Waals surface area contributed by atoms with E-state index in [1.54, 1.807) is 0 Å². The molecule has 0 bridgehead atoms. The Morgan fingerprint density at radius 1 is 1.54 bits per heavy atom. The van der Waals surface area contributed by atoms with Gasteiger partial charge in [-0.25, -0.2) is 0 Å². The Kier molecular flexibility index (Phi) is 2.56. The molecule has 0 saturated carbocycles. The lowest BCUT2D eigenvalue weighted by atomic mass is 10.00. The van der Waals surface area contributed by atoms with E-state index >= 15 is 0 Å². The van der Waals surface area contributed by atoms with Crippen molar-refractivity contribution in [3.63, 3.8) is 0 Å². The zero-order valence-electron chi connectivity index (χ0n) is 8.63. The smallest absolute Gasteiger partial charge is 0.224 e. The average Bonchev–Trinajstić information content (AvgIpc) is 2.47. The summed E-state index contributed by atoms with van der Waals surface area (Å²) in [5.41, 5.74) is 5.65. The summed E-state index contributed by atoms with van der Waals surface area (Å²) in [4.78, 5) is 0. The van der Waals surface area contributed by atoms with Crippen molar-refractivity contribution in [2.75, 3.05) is 12.4 Å². The van der Waals surface area contributed by atoms with Gasteiger partial charge in [0.15, 0.2) is 5.82 Å². The summed E-state index contributed by atoms with van der Waals surface area (Å²) in [7, 11) is 3.72. The van der Waals surface area contributed by atoms with Crippen LogP contribution in [0.3, 0.4) is 0 Å². The predicted molar refractivity (Wildman–Crippen MR) is 52.4 cm³/mol. The highest BCUT2D eigenvalue weighted by molar-refractivity contribution is 5.25. The molecule has 13 heavy (non-hydrogen) atoms. The molecule has 74 valence electrons. The Hall–Kier alpha value is -1.10. The maximum atomic E-state index is 6.06. The van der Waals surface area contributed by atoms with E-state index in [0.717, 1.165) is 18.2 Å². The molecule has 0 aromatic carbocycles. The molecular formula is C8H17N5. The van der Waals surface area contributed by atoms with Crippen LogP contribution in [-0.4, -0.2) is 21.8 Å². The summed E-state index contributed by atoms with van der Waals surface area (Å²) >= 11 is 0. The number of aromatic nitrogens is 3. The first-order chi connectivity index (χ1) is 6.03. The third kappa shape index (κ3) is 1.65. The fraction of sp³-hybridized carbons (Fsp3) is 0.750. The van der Waals surface area contributed by atoms with Gasteiger partial charge in [0, 0.05) is 14.1 Å². The Morgan fingerprint density at radius 3 is 2.54 bits per heavy atom. The van der Waals surface area contributed by atoms with Crippen molar-refractivity contribution >= 4 is 5.95 Å². The molecule has 0 radical (unpaired) electrons. The second-order valence-electron chi connectivity index (χ2n) is 3.43. The van der Waals surface area contributed by atoms with Crippen molar-refractivity contribution in [1.29, 1.82) is 0 Å². The van der Waals surface area contributed by atoms with Crippen molar-refractivity contribution in [3.8, 4) is 0 Å². The highest BCUT2D eigenvalue weighted by Gasteiger charge is 2.25. The Labute approximate surface area is 78.3 Å². The number of hydrogen-bond donors (Lipinski definition) is 2. The average molecular weight is 183 g/mol. The van der Waals surface area contributed by atoms with Crippen LogP contribution in [0.2, 0.25) is 0 Å². The van der Waals surface area contributed by atoms with Gasteiger partial charge in [-0.1, -0.05) is 6.92 Å². The van der Waals surface area contributed by atoms with Crippen molar-refractivity contribution in [2.45, 2.75) is 25.8 Å². The number of nitrogens with two attached hydrogens (primary N) is 1. The molecule has 1 atom stereocenters. The van der Waals surface area contributed by atoms with Crippen LogP contribution in [0.25, 0.3) is 0 Å². The van der Waals surface area contributed by atoms with Crippen molar-refractivity contribution in [2.24, 2.45) is 12.8 Å². The lowest BCUT2D eigenvalue weighted by Gasteiger charge is -2.21. The maximum absolute atomic E-state index is 6.06. The van der Waals surface area contributed by atoms with E-state index in [9.17, 15) is 0 Å². The first-order valence-electron chi connectivity index (χ1n) is 4.39. The van der Waals surface area contributed by atoms with Gasteiger partial charge in [0.1, 0.15) is 0 Å². The molecule has 1 unspecified atom stereocenters. The normalized spacial score (nSPS) is 15.5. The lowest BCUT2D eigenvalue weighted by molar-refractivity contribution is 0.430. The Bertz CT molecular complexity index is 289. The fourth-order valence-corrected chi connectivity index (χ4v) is 1.20. The van der Waals surface area contributed by atoms with Crippen molar-refractivity contribution in [3.05, 3.63) is 5.82 Å². The third-order valence-electron chi connectivity index (χ3n) is 2.34. The molecule has 1 heterocycles. The van der Waals surface area contributed by atoms with E-state index in [4.69, 9.17) is 5.73 Å². The summed E-state index contributed by atoms with van der Waals surface area (Å²) < 4.78 is 1.88. The number of rotatable bonds is 3. The lowest BCUT2D eigenvalue weighted by Crippen LogP contribution is -2.35. The van der Waals surface area contributed by atoms with Crippen LogP contribution in [-0.2, 0) is 12.6 Å². The molecule has 5 heteroatoms. The molecule has 1 aromatic heterocycles. The zero-order chi connectivity index (χ0) is 10.1. The van der Waals surface area contributed by atoms with Gasteiger partial charge in [0.25, 0.3) is 0 Å². The molecule has 5 nitrogen and oxygen atoms in total. The van der Waals surface area contributed by atoms with Crippen LogP contribution in [0, 0.1) is 0 Å². The molecule has 0 spiro atoms. The van der Waals surface area contributed by atoms with E-state index in [1.807, 2.05) is 32.5 Å². The van der Waals surface area contributed by atoms with Gasteiger partial charge in [0.05, 0.1) is 5.54 Å². The summed E-state index contributed by atoms with van der Waals surface area (Å²) in [6.07, 6.45) is 0.836. The third-order valence-corrected chi connectivity index (χ3v) is 2.34. The highest BCUT2D eigenvalue weighted by Crippen LogP contribution is 2.20. The van der Waals surface area contributed by atoms with Gasteiger partial charge in [0.2, 0.25) is 5.95 Å². The SMILES string of the molecule is CCC(C)(N)c1nnc(NC)n1C. The maximum Gasteiger partial charge on any atom is 0.224 e. The van der Waals surface area contributed by atoms with Gasteiger partial charge >= 0.3 is 0 Å². The van der Waals surface area contributed by atoms with Gasteiger partial charge in [-0.2, -0.15) is 0 Å². The van der Waals surface area contributed by atoms with Crippen LogP contribution in [0.5, 0.6) is 0 Å². The monoisotopic (exact) mass is 183 g/mol. The van der Waals surface area contributed by atoms with Gasteiger partial charge < -0.3 is 11.1 Å². The molecule has 1 rings (SSSR count). The summed E-state index contributed by atoms with van der Waals surface area (Å²) in [6.45, 7) is 3.99. The molecule has 0 saturated heterocycles. The van der Waals surface area contributed by atoms with Crippen LogP contribution >= 0.6 is 0 Å². The number of nitrogens with zero attached hydrogens (tertiary/aromatic N) is 3. The molecule has 0 amide bonds. The standard InChI is InChI=1S/C8H17N5/c1-5-8(2,9)6-11-12-7(10-3)13(6)4/h5,9H2,1-4H3,(H,10,12). The Morgan fingerprint density at radius 2 is 2.15 bits per heavy atom. The topological polar surface area (TPSA) is 68.8 Å². The summed E-state index contributed by atoms with van der Waals surface area (Å²) in [5, 5.41) is 11.0. The van der Waals surface area contributed by atoms with Crippen LogP contribution in [0.4, 0.5) is 5.95 Å². The molecule has 0 aliphatic heterocycles. The van der Waals surface area contributed by atoms with E-state index in [0.29, 0.717) is 0 Å². The molecule has 3 N–H and O–H groups in total. The molecule has 1 aromatic rings. The first-order valence-corrected chi connectivity index (χ1v) is 4.39. The minimum atomic E-state index is -0.406. The van der Waals surface area contributed by atoms with E-state index in [-0.39, 0.29) is 0 Å². The molecule has 0 aliphatic rings. The largest absolute Gasteiger partial charge is 0.357 e. The predicted octanol–water partition coefficient (Wildman–Crippen LogP) is 0.441. The second-order valence-corrected chi connectivity index (χ2v) is 3.43. The van der Waals surface area contributed by atoms with Crippen molar-refractivity contribution in [1.82, 2.24) is 14.8 Å². The number of hydrogen-bond acceptors (Lipinski definition) is 4. The van der Waals surface area contributed by atoms with Gasteiger partial charge in [-0.15, -0.1) is 10.2 Å². The van der Waals surface area contributed by atoms with Crippen LogP contribution in [0.1, 0.15) is 26.1 Å². The van der Waals surface area contributed by atoms with Crippen LogP contribution < -0.4 is 11.1 Å². The summed E-state index contributed by atoms with van der Waals surface area (Å²) in [6, 6.07) is 0. The fourth-order valence-electron chi connectivity index (χ4n) is 1.20. The van der Waals surface area contributed by atoms with Gasteiger partial charge in [-0.05, 0) is 13.3 Å². The van der Waals surface area contributed by atoms with E-state index in [2.05, 4.69) is 15.5 Å². The highest BCUT2D eigenvalue weighted by atomic mass is 15.3. The van der Waals surface area contributed by atoms with E-state index < -0.39 is 5.54 Å². The van der Waals surface area contributed by atoms with Crippen molar-refractivity contribution < 1.29 is 0 Å². The van der Waals surface area contributed by atoms with Gasteiger partial charge in [-0.3, -0.25) is 4.57 Å².